The first-order valence-corrected chi connectivity index (χ1v) is 19.2. The lowest BCUT2D eigenvalue weighted by Crippen LogP contribution is -2.28. The Morgan fingerprint density at radius 3 is 1.65 bits per heavy atom. The Labute approximate surface area is 322 Å². The molecule has 2 aliphatic carbocycles. The zero-order valence-corrected chi connectivity index (χ0v) is 30.4. The highest BCUT2D eigenvalue weighted by atomic mass is 15.1. The summed E-state index contributed by atoms with van der Waals surface area (Å²) < 4.78 is 0. The van der Waals surface area contributed by atoms with E-state index in [0.29, 0.717) is 0 Å². The van der Waals surface area contributed by atoms with Gasteiger partial charge < -0.3 is 4.90 Å². The third-order valence-electron chi connectivity index (χ3n) is 12.0. The molecule has 55 heavy (non-hydrogen) atoms. The van der Waals surface area contributed by atoms with Crippen LogP contribution in [0.4, 0.5) is 17.1 Å². The lowest BCUT2D eigenvalue weighted by atomic mass is 9.67. The molecule has 0 aliphatic heterocycles. The second-order valence-corrected chi connectivity index (χ2v) is 14.8. The lowest BCUT2D eigenvalue weighted by Gasteiger charge is -2.35. The molecule has 0 saturated heterocycles. The van der Waals surface area contributed by atoms with Gasteiger partial charge in [-0.2, -0.15) is 0 Å². The van der Waals surface area contributed by atoms with Crippen molar-refractivity contribution in [3.63, 3.8) is 0 Å². The van der Waals surface area contributed by atoms with Gasteiger partial charge in [-0.3, -0.25) is 0 Å². The molecule has 9 aromatic rings. The highest BCUT2D eigenvalue weighted by Gasteiger charge is 2.46. The monoisotopic (exact) mass is 699 g/mol. The molecule has 0 fully saturated rings. The van der Waals surface area contributed by atoms with Crippen molar-refractivity contribution >= 4 is 27.8 Å². The number of fused-ring (bicyclic) bond motifs is 5. The van der Waals surface area contributed by atoms with Crippen molar-refractivity contribution in [2.45, 2.75) is 11.8 Å². The first-order chi connectivity index (χ1) is 27.3. The molecule has 0 unspecified atom stereocenters. The lowest BCUT2D eigenvalue weighted by molar-refractivity contribution is 0.768. The molecule has 0 heterocycles. The molecular weight excluding hydrogens is 663 g/mol. The maximum absolute atomic E-state index is 2.44. The summed E-state index contributed by atoms with van der Waals surface area (Å²) >= 11 is 0. The van der Waals surface area contributed by atoms with E-state index in [1.54, 1.807) is 0 Å². The number of nitrogens with zero attached hydrogens (tertiary/aromatic N) is 1. The number of benzene rings is 9. The van der Waals surface area contributed by atoms with Crippen molar-refractivity contribution in [3.05, 3.63) is 246 Å². The molecule has 1 nitrogen and oxygen atoms in total. The van der Waals surface area contributed by atoms with Crippen LogP contribution in [0.2, 0.25) is 0 Å². The fraction of sp³-hybridized carbons (Fsp3) is 0.0370. The summed E-state index contributed by atoms with van der Waals surface area (Å²) in [6, 6.07) is 78.4. The second kappa shape index (κ2) is 12.6. The van der Waals surface area contributed by atoms with Crippen molar-refractivity contribution in [2.75, 3.05) is 4.90 Å². The fourth-order valence-electron chi connectivity index (χ4n) is 9.63. The standard InChI is InChI=1S/C54H37N/c1-4-16-40(17-5-1)54(41-18-6-2-7-19-41)51-26-13-12-23-47(51)48-34-32-44(36-52(48)54)55(42-20-8-3-9-21-42)43-30-27-37(28-31-43)46-33-29-39-35-38-15-10-11-22-45(38)49-24-14-25-50(46)53(39)49/h1-34,36H,35H2. The van der Waals surface area contributed by atoms with Crippen LogP contribution in [0.5, 0.6) is 0 Å². The number of anilines is 3. The van der Waals surface area contributed by atoms with Gasteiger partial charge in [0.2, 0.25) is 0 Å². The molecule has 0 bridgehead atoms. The SMILES string of the molecule is c1ccc(N(c2ccc(-c3ccc4c5c(cccc35)-c3ccccc3C4)cc2)c2ccc3c(c2)C(c2ccccc2)(c2ccccc2)c2ccccc2-3)cc1. The van der Waals surface area contributed by atoms with E-state index in [1.807, 2.05) is 0 Å². The minimum absolute atomic E-state index is 0.466. The summed E-state index contributed by atoms with van der Waals surface area (Å²) in [5.41, 5.74) is 18.6. The van der Waals surface area contributed by atoms with Gasteiger partial charge in [0, 0.05) is 17.1 Å². The minimum atomic E-state index is -0.466. The van der Waals surface area contributed by atoms with E-state index in [1.165, 1.54) is 77.5 Å². The van der Waals surface area contributed by atoms with Gasteiger partial charge in [0.1, 0.15) is 0 Å². The molecule has 0 N–H and O–H groups in total. The van der Waals surface area contributed by atoms with E-state index in [2.05, 4.69) is 217 Å². The first-order valence-electron chi connectivity index (χ1n) is 19.2. The molecule has 0 spiro atoms. The molecule has 2 aliphatic rings. The van der Waals surface area contributed by atoms with Gasteiger partial charge >= 0.3 is 0 Å². The summed E-state index contributed by atoms with van der Waals surface area (Å²) in [6.07, 6.45) is 0.969. The van der Waals surface area contributed by atoms with Crippen LogP contribution >= 0.6 is 0 Å². The van der Waals surface area contributed by atoms with Crippen molar-refractivity contribution in [2.24, 2.45) is 0 Å². The second-order valence-electron chi connectivity index (χ2n) is 14.8. The zero-order chi connectivity index (χ0) is 36.3. The molecule has 0 aromatic heterocycles. The third kappa shape index (κ3) is 4.80. The topological polar surface area (TPSA) is 3.24 Å². The number of hydrogen-bond donors (Lipinski definition) is 0. The van der Waals surface area contributed by atoms with Gasteiger partial charge in [-0.05, 0) is 120 Å². The van der Waals surface area contributed by atoms with Gasteiger partial charge in [-0.15, -0.1) is 0 Å². The van der Waals surface area contributed by atoms with E-state index in [-0.39, 0.29) is 0 Å². The van der Waals surface area contributed by atoms with Gasteiger partial charge in [0.05, 0.1) is 5.41 Å². The first kappa shape index (κ1) is 31.6. The van der Waals surface area contributed by atoms with Gasteiger partial charge in [0.25, 0.3) is 0 Å². The average Bonchev–Trinajstić information content (AvgIpc) is 3.56. The highest BCUT2D eigenvalue weighted by molar-refractivity contribution is 6.08. The van der Waals surface area contributed by atoms with Crippen LogP contribution in [0.25, 0.3) is 44.2 Å². The van der Waals surface area contributed by atoms with Crippen LogP contribution in [0.1, 0.15) is 33.4 Å². The summed E-state index contributed by atoms with van der Waals surface area (Å²) in [6.45, 7) is 0. The molecule has 9 aromatic carbocycles. The van der Waals surface area contributed by atoms with Gasteiger partial charge in [-0.1, -0.05) is 176 Å². The van der Waals surface area contributed by atoms with Crippen molar-refractivity contribution in [1.29, 1.82) is 0 Å². The number of hydrogen-bond acceptors (Lipinski definition) is 1. The molecule has 258 valence electrons. The van der Waals surface area contributed by atoms with Gasteiger partial charge in [-0.25, -0.2) is 0 Å². The Morgan fingerprint density at radius 2 is 0.909 bits per heavy atom. The predicted octanol–water partition coefficient (Wildman–Crippen LogP) is 13.9. The quantitative estimate of drug-likeness (QED) is 0.167. The molecular formula is C54H37N. The predicted molar refractivity (Wildman–Crippen MR) is 230 cm³/mol. The minimum Gasteiger partial charge on any atom is -0.310 e. The molecule has 0 atom stereocenters. The molecule has 1 heteroatoms. The maximum Gasteiger partial charge on any atom is 0.0714 e. The van der Waals surface area contributed by atoms with E-state index < -0.39 is 5.41 Å². The third-order valence-corrected chi connectivity index (χ3v) is 12.0. The summed E-state index contributed by atoms with van der Waals surface area (Å²) in [7, 11) is 0. The van der Waals surface area contributed by atoms with Crippen LogP contribution in [0.15, 0.2) is 212 Å². The van der Waals surface area contributed by atoms with E-state index >= 15 is 0 Å². The maximum atomic E-state index is 2.44. The van der Waals surface area contributed by atoms with E-state index in [4.69, 9.17) is 0 Å². The van der Waals surface area contributed by atoms with E-state index in [0.717, 1.165) is 23.5 Å². The Kier molecular flexibility index (Phi) is 7.22. The Bertz CT molecular complexity index is 2830. The summed E-state index contributed by atoms with van der Waals surface area (Å²) in [5.74, 6) is 0. The largest absolute Gasteiger partial charge is 0.310 e. The highest BCUT2D eigenvalue weighted by Crippen LogP contribution is 2.57. The molecule has 0 amide bonds. The normalized spacial score (nSPS) is 13.2. The van der Waals surface area contributed by atoms with Crippen LogP contribution in [0.3, 0.4) is 0 Å². The summed E-state index contributed by atoms with van der Waals surface area (Å²) in [5, 5.41) is 2.70. The average molecular weight is 700 g/mol. The van der Waals surface area contributed by atoms with Crippen LogP contribution in [0, 0.1) is 0 Å². The van der Waals surface area contributed by atoms with Crippen LogP contribution in [-0.4, -0.2) is 0 Å². The van der Waals surface area contributed by atoms with Crippen molar-refractivity contribution in [1.82, 2.24) is 0 Å². The molecule has 11 rings (SSSR count). The number of para-hydroxylation sites is 1. The molecule has 0 saturated carbocycles. The van der Waals surface area contributed by atoms with Crippen LogP contribution < -0.4 is 4.90 Å². The Hall–Kier alpha value is -6.96. The van der Waals surface area contributed by atoms with Crippen molar-refractivity contribution in [3.8, 4) is 33.4 Å². The Morgan fingerprint density at radius 1 is 0.345 bits per heavy atom. The zero-order valence-electron chi connectivity index (χ0n) is 30.4. The van der Waals surface area contributed by atoms with Crippen molar-refractivity contribution < 1.29 is 0 Å². The van der Waals surface area contributed by atoms with Crippen LogP contribution in [-0.2, 0) is 11.8 Å². The Balaban J connectivity index is 1.07. The van der Waals surface area contributed by atoms with E-state index in [9.17, 15) is 0 Å². The number of rotatable bonds is 6. The summed E-state index contributed by atoms with van der Waals surface area (Å²) in [4.78, 5) is 2.41. The smallest absolute Gasteiger partial charge is 0.0714 e. The fourth-order valence-corrected chi connectivity index (χ4v) is 9.63. The van der Waals surface area contributed by atoms with Gasteiger partial charge in [0.15, 0.2) is 0 Å². The molecule has 0 radical (unpaired) electrons.